The van der Waals surface area contributed by atoms with Gasteiger partial charge in [0, 0.05) is 61.8 Å². The Morgan fingerprint density at radius 3 is 2.61 bits per heavy atom. The van der Waals surface area contributed by atoms with Gasteiger partial charge in [-0.25, -0.2) is 4.79 Å². The van der Waals surface area contributed by atoms with Crippen LogP contribution in [-0.4, -0.2) is 90.7 Å². The number of ether oxygens (including phenoxy) is 3. The Balaban J connectivity index is 1.40. The molecule has 1 aromatic carbocycles. The Labute approximate surface area is 223 Å². The number of aliphatic hydroxyl groups is 2. The molecule has 6 aliphatic rings. The van der Waals surface area contributed by atoms with Gasteiger partial charge in [-0.1, -0.05) is 25.1 Å². The molecule has 5 saturated carbocycles. The van der Waals surface area contributed by atoms with Crippen LogP contribution in [0.1, 0.15) is 43.0 Å². The molecule has 1 aliphatic heterocycles. The van der Waals surface area contributed by atoms with E-state index < -0.39 is 41.0 Å². The Bertz CT molecular complexity index is 1140. The third-order valence-corrected chi connectivity index (χ3v) is 11.9. The fraction of sp³-hybridized carbons (Fsp3) is 0.733. The van der Waals surface area contributed by atoms with E-state index in [0.29, 0.717) is 25.0 Å². The Kier molecular flexibility index (Phi) is 5.52. The number of likely N-dealkylation sites (tertiary alicyclic amines) is 1. The molecular formula is C30H39NO7. The second kappa shape index (κ2) is 8.33. The van der Waals surface area contributed by atoms with Gasteiger partial charge in [-0.2, -0.15) is 0 Å². The van der Waals surface area contributed by atoms with Crippen LogP contribution in [-0.2, 0) is 19.0 Å². The number of rotatable bonds is 6. The molecule has 12 atom stereocenters. The molecule has 7 rings (SSSR count). The number of esters is 1. The SMILES string of the molecule is CCN1C[C@]2(COC)CC[C@H](O)[C@]34C1[C@@H]([C@H](OC)[C@H]23)[C@@]1(O)CC(=O)[C@H]2C[C@@H]4[C@@H]1[C@H]2OC(=O)c1ccccc1. The van der Waals surface area contributed by atoms with E-state index in [-0.39, 0.29) is 47.5 Å². The monoisotopic (exact) mass is 525 g/mol. The normalized spacial score (nSPS) is 50.2. The fourth-order valence-electron chi connectivity index (χ4n) is 11.1. The lowest BCUT2D eigenvalue weighted by Crippen LogP contribution is -2.76. The predicted octanol–water partition coefficient (Wildman–Crippen LogP) is 1.92. The van der Waals surface area contributed by atoms with E-state index in [2.05, 4.69) is 11.8 Å². The van der Waals surface area contributed by atoms with Crippen LogP contribution < -0.4 is 0 Å². The summed E-state index contributed by atoms with van der Waals surface area (Å²) in [5, 5.41) is 24.8. The molecule has 0 aromatic heterocycles. The van der Waals surface area contributed by atoms with Gasteiger partial charge in [-0.15, -0.1) is 0 Å². The van der Waals surface area contributed by atoms with Crippen molar-refractivity contribution in [3.63, 3.8) is 0 Å². The van der Waals surface area contributed by atoms with Gasteiger partial charge in [0.15, 0.2) is 0 Å². The smallest absolute Gasteiger partial charge is 0.338 e. The molecule has 38 heavy (non-hydrogen) atoms. The van der Waals surface area contributed by atoms with Crippen molar-refractivity contribution < 1.29 is 34.0 Å². The molecule has 1 saturated heterocycles. The maximum atomic E-state index is 13.7. The van der Waals surface area contributed by atoms with Crippen molar-refractivity contribution in [1.29, 1.82) is 0 Å². The van der Waals surface area contributed by atoms with Crippen molar-refractivity contribution in [3.05, 3.63) is 35.9 Å². The summed E-state index contributed by atoms with van der Waals surface area (Å²) < 4.78 is 18.3. The van der Waals surface area contributed by atoms with Crippen LogP contribution >= 0.6 is 0 Å². The number of fused-ring (bicyclic) bond motifs is 2. The van der Waals surface area contributed by atoms with Crippen molar-refractivity contribution in [2.24, 2.45) is 40.4 Å². The number of hydrogen-bond acceptors (Lipinski definition) is 8. The summed E-state index contributed by atoms with van der Waals surface area (Å²) in [4.78, 5) is 29.4. The van der Waals surface area contributed by atoms with Gasteiger partial charge >= 0.3 is 5.97 Å². The van der Waals surface area contributed by atoms with E-state index >= 15 is 0 Å². The molecule has 7 bridgehead atoms. The highest BCUT2D eigenvalue weighted by molar-refractivity contribution is 5.91. The zero-order chi connectivity index (χ0) is 26.6. The number of carbonyl (C=O) groups excluding carboxylic acids is 2. The van der Waals surface area contributed by atoms with Crippen molar-refractivity contribution in [3.8, 4) is 0 Å². The maximum absolute atomic E-state index is 13.7. The van der Waals surface area contributed by atoms with Crippen LogP contribution in [0, 0.1) is 40.4 Å². The number of Topliss-reactive ketones (excluding diaryl/α,β-unsaturated/α-hetero) is 1. The lowest BCUT2D eigenvalue weighted by molar-refractivity contribution is -0.266. The number of aliphatic hydroxyl groups excluding tert-OH is 1. The van der Waals surface area contributed by atoms with Crippen LogP contribution in [0.5, 0.6) is 0 Å². The van der Waals surface area contributed by atoms with E-state index in [1.54, 1.807) is 38.5 Å². The second-order valence-corrected chi connectivity index (χ2v) is 12.9. The standard InChI is InChI=1S/C30H39NO7/c1-4-31-14-28(15-36-2)11-10-20(33)30-18-12-17-19(32)13-29(35,22(26(30)31)24(37-3)25(28)30)21(18)23(17)38-27(34)16-8-6-5-7-9-16/h5-9,17-18,20-26,33,35H,4,10-15H2,1-3H3/t17-,18-,20+,21-,22-,23+,24+,25-,26?,28+,29-,30+/m1/s1. The first kappa shape index (κ1) is 25.1. The zero-order valence-corrected chi connectivity index (χ0v) is 22.4. The molecular weight excluding hydrogens is 486 g/mol. The summed E-state index contributed by atoms with van der Waals surface area (Å²) >= 11 is 0. The third-order valence-electron chi connectivity index (χ3n) is 11.9. The minimum atomic E-state index is -1.37. The summed E-state index contributed by atoms with van der Waals surface area (Å²) in [6.07, 6.45) is 0.428. The molecule has 8 nitrogen and oxygen atoms in total. The number of methoxy groups -OCH3 is 2. The van der Waals surface area contributed by atoms with E-state index in [1.165, 1.54) is 0 Å². The molecule has 6 fully saturated rings. The predicted molar refractivity (Wildman–Crippen MR) is 136 cm³/mol. The first-order chi connectivity index (χ1) is 18.3. The van der Waals surface area contributed by atoms with Gasteiger partial charge in [0.1, 0.15) is 11.9 Å². The van der Waals surface area contributed by atoms with Crippen LogP contribution in [0.25, 0.3) is 0 Å². The third kappa shape index (κ3) is 2.78. The van der Waals surface area contributed by atoms with Gasteiger partial charge in [-0.3, -0.25) is 9.69 Å². The molecule has 206 valence electrons. The molecule has 2 N–H and O–H groups in total. The van der Waals surface area contributed by atoms with Crippen LogP contribution in [0.15, 0.2) is 30.3 Å². The quantitative estimate of drug-likeness (QED) is 0.543. The number of piperidine rings is 1. The Morgan fingerprint density at radius 2 is 1.92 bits per heavy atom. The van der Waals surface area contributed by atoms with Crippen molar-refractivity contribution in [2.75, 3.05) is 33.9 Å². The fourth-order valence-corrected chi connectivity index (χ4v) is 11.1. The molecule has 1 heterocycles. The molecule has 0 radical (unpaired) electrons. The average Bonchev–Trinajstić information content (AvgIpc) is 3.36. The van der Waals surface area contributed by atoms with Crippen molar-refractivity contribution in [1.82, 2.24) is 4.90 Å². The largest absolute Gasteiger partial charge is 0.458 e. The summed E-state index contributed by atoms with van der Waals surface area (Å²) in [6, 6.07) is 8.73. The van der Waals surface area contributed by atoms with E-state index in [4.69, 9.17) is 14.2 Å². The average molecular weight is 526 g/mol. The lowest BCUT2D eigenvalue weighted by atomic mass is 9.43. The number of nitrogens with zero attached hydrogens (tertiary/aromatic N) is 1. The van der Waals surface area contributed by atoms with Crippen molar-refractivity contribution >= 4 is 11.8 Å². The van der Waals surface area contributed by atoms with Gasteiger partial charge in [0.25, 0.3) is 0 Å². The lowest BCUT2D eigenvalue weighted by Gasteiger charge is -2.68. The van der Waals surface area contributed by atoms with Gasteiger partial charge in [-0.05, 0) is 43.9 Å². The van der Waals surface area contributed by atoms with Crippen LogP contribution in [0.4, 0.5) is 0 Å². The molecule has 0 amide bonds. The van der Waals surface area contributed by atoms with E-state index in [0.717, 1.165) is 19.5 Å². The highest BCUT2D eigenvalue weighted by Gasteiger charge is 2.86. The summed E-state index contributed by atoms with van der Waals surface area (Å²) in [5.74, 6) is -1.94. The van der Waals surface area contributed by atoms with Gasteiger partial charge in [0.2, 0.25) is 0 Å². The number of ketones is 1. The van der Waals surface area contributed by atoms with Gasteiger partial charge in [0.05, 0.1) is 35.9 Å². The minimum Gasteiger partial charge on any atom is -0.458 e. The molecule has 1 aromatic rings. The van der Waals surface area contributed by atoms with E-state index in [9.17, 15) is 19.8 Å². The topological polar surface area (TPSA) is 106 Å². The van der Waals surface area contributed by atoms with Crippen molar-refractivity contribution in [2.45, 2.75) is 62.6 Å². The number of benzene rings is 1. The first-order valence-corrected chi connectivity index (χ1v) is 14.2. The Morgan fingerprint density at radius 1 is 1.16 bits per heavy atom. The van der Waals surface area contributed by atoms with Crippen LogP contribution in [0.2, 0.25) is 0 Å². The van der Waals surface area contributed by atoms with Crippen LogP contribution in [0.3, 0.4) is 0 Å². The first-order valence-electron chi connectivity index (χ1n) is 14.2. The maximum Gasteiger partial charge on any atom is 0.338 e. The summed E-state index contributed by atoms with van der Waals surface area (Å²) in [5.41, 5.74) is -1.72. The number of hydrogen-bond donors (Lipinski definition) is 2. The van der Waals surface area contributed by atoms with Gasteiger partial charge < -0.3 is 24.4 Å². The minimum absolute atomic E-state index is 0.0135. The highest BCUT2D eigenvalue weighted by atomic mass is 16.5. The summed E-state index contributed by atoms with van der Waals surface area (Å²) in [6.45, 7) is 4.31. The molecule has 1 unspecified atom stereocenters. The molecule has 5 aliphatic carbocycles. The highest BCUT2D eigenvalue weighted by Crippen LogP contribution is 2.79. The van der Waals surface area contributed by atoms with E-state index in [1.807, 2.05) is 6.07 Å². The second-order valence-electron chi connectivity index (χ2n) is 12.9. The molecule has 8 heteroatoms. The Hall–Kier alpha value is -1.84. The summed E-state index contributed by atoms with van der Waals surface area (Å²) in [7, 11) is 3.44. The number of carbonyl (C=O) groups is 2. The zero-order valence-electron chi connectivity index (χ0n) is 22.4. The molecule has 1 spiro atoms.